The molecule has 0 fully saturated rings. The van der Waals surface area contributed by atoms with E-state index in [9.17, 15) is 0 Å². The number of halogens is 2. The van der Waals surface area contributed by atoms with E-state index >= 15 is 0 Å². The molecule has 0 amide bonds. The molecular formula is C11H5Cl2N3SSe. The molecule has 0 atom stereocenters. The molecule has 7 heteroatoms. The summed E-state index contributed by atoms with van der Waals surface area (Å²) in [6.07, 6.45) is 0. The van der Waals surface area contributed by atoms with Crippen LogP contribution in [0.4, 0.5) is 0 Å². The number of rotatable bonds is 1. The summed E-state index contributed by atoms with van der Waals surface area (Å²) >= 11 is 17.2. The standard InChI is InChI=1S/C11H5Cl2N3SSe/c12-8-5-9(13)15-11(14-8)16-10(17)6-3-1-2-4-7(6)18-16/h1-5H. The van der Waals surface area contributed by atoms with Crippen molar-refractivity contribution in [2.75, 3.05) is 0 Å². The normalized spacial score (nSPS) is 11.0. The second kappa shape index (κ2) is 4.76. The van der Waals surface area contributed by atoms with Gasteiger partial charge in [0.1, 0.15) is 0 Å². The maximum atomic E-state index is 5.89. The van der Waals surface area contributed by atoms with Crippen LogP contribution in [-0.4, -0.2) is 28.3 Å². The predicted octanol–water partition coefficient (Wildman–Crippen LogP) is 3.51. The maximum absolute atomic E-state index is 5.89. The van der Waals surface area contributed by atoms with E-state index in [1.807, 2.05) is 21.8 Å². The van der Waals surface area contributed by atoms with Gasteiger partial charge in [-0.05, 0) is 0 Å². The summed E-state index contributed by atoms with van der Waals surface area (Å²) in [7, 11) is 0. The molecule has 0 saturated carbocycles. The first kappa shape index (κ1) is 12.3. The van der Waals surface area contributed by atoms with Gasteiger partial charge in [0, 0.05) is 0 Å². The first-order chi connectivity index (χ1) is 8.65. The quantitative estimate of drug-likeness (QED) is 0.378. The Hall–Kier alpha value is -0.711. The van der Waals surface area contributed by atoms with Crippen LogP contribution in [0.15, 0.2) is 30.3 Å². The summed E-state index contributed by atoms with van der Waals surface area (Å²) in [5, 5.41) is 1.70. The van der Waals surface area contributed by atoms with Gasteiger partial charge in [0.15, 0.2) is 0 Å². The summed E-state index contributed by atoms with van der Waals surface area (Å²) in [6.45, 7) is 0. The molecule has 0 spiro atoms. The molecule has 0 bridgehead atoms. The van der Waals surface area contributed by atoms with Crippen molar-refractivity contribution in [3.63, 3.8) is 0 Å². The minimum atomic E-state index is 0.0295. The van der Waals surface area contributed by atoms with Crippen molar-refractivity contribution < 1.29 is 0 Å². The van der Waals surface area contributed by atoms with Gasteiger partial charge in [0.05, 0.1) is 0 Å². The van der Waals surface area contributed by atoms with Crippen molar-refractivity contribution in [3.05, 3.63) is 45.3 Å². The van der Waals surface area contributed by atoms with Gasteiger partial charge < -0.3 is 0 Å². The van der Waals surface area contributed by atoms with Crippen molar-refractivity contribution in [3.8, 4) is 5.95 Å². The van der Waals surface area contributed by atoms with Crippen molar-refractivity contribution >= 4 is 59.8 Å². The van der Waals surface area contributed by atoms with Crippen LogP contribution in [0.2, 0.25) is 10.3 Å². The summed E-state index contributed by atoms with van der Waals surface area (Å²) in [5.74, 6) is 0.466. The molecule has 2 aromatic heterocycles. The Morgan fingerprint density at radius 2 is 1.78 bits per heavy atom. The number of hydrogen-bond acceptors (Lipinski definition) is 3. The molecule has 0 unspecified atom stereocenters. The van der Waals surface area contributed by atoms with Gasteiger partial charge in [-0.25, -0.2) is 0 Å². The van der Waals surface area contributed by atoms with E-state index in [0.717, 1.165) is 10.0 Å². The van der Waals surface area contributed by atoms with Crippen LogP contribution in [0.25, 0.3) is 15.6 Å². The molecule has 0 saturated heterocycles. The molecule has 0 radical (unpaired) electrons. The van der Waals surface area contributed by atoms with Crippen LogP contribution in [0.1, 0.15) is 0 Å². The molecule has 3 rings (SSSR count). The summed E-state index contributed by atoms with van der Waals surface area (Å²) in [5.41, 5.74) is 0. The Kier molecular flexibility index (Phi) is 3.26. The van der Waals surface area contributed by atoms with E-state index in [1.165, 1.54) is 10.3 Å². The summed E-state index contributed by atoms with van der Waals surface area (Å²) in [6, 6.07) is 9.54. The van der Waals surface area contributed by atoms with E-state index < -0.39 is 0 Å². The second-order valence-corrected chi connectivity index (χ2v) is 6.73. The zero-order chi connectivity index (χ0) is 12.7. The van der Waals surface area contributed by atoms with E-state index in [-0.39, 0.29) is 14.7 Å². The number of benzene rings is 1. The first-order valence-electron chi connectivity index (χ1n) is 4.97. The van der Waals surface area contributed by atoms with Gasteiger partial charge in [0.25, 0.3) is 0 Å². The van der Waals surface area contributed by atoms with E-state index in [1.54, 1.807) is 0 Å². The second-order valence-electron chi connectivity index (χ2n) is 3.50. The van der Waals surface area contributed by atoms with Crippen LogP contribution in [0, 0.1) is 4.64 Å². The topological polar surface area (TPSA) is 30.7 Å². The molecule has 0 aliphatic heterocycles. The number of fused-ring (bicyclic) bond motifs is 1. The molecule has 0 aliphatic rings. The average Bonchev–Trinajstić information content (AvgIpc) is 2.66. The van der Waals surface area contributed by atoms with Crippen LogP contribution < -0.4 is 0 Å². The van der Waals surface area contributed by atoms with Crippen molar-refractivity contribution in [2.24, 2.45) is 0 Å². The Morgan fingerprint density at radius 3 is 2.44 bits per heavy atom. The van der Waals surface area contributed by atoms with Gasteiger partial charge in [-0.1, -0.05) is 0 Å². The average molecular weight is 361 g/mol. The Balaban J connectivity index is 2.31. The number of aromatic nitrogens is 3. The molecular weight excluding hydrogens is 356 g/mol. The van der Waals surface area contributed by atoms with Gasteiger partial charge >= 0.3 is 125 Å². The molecule has 0 aliphatic carbocycles. The zero-order valence-electron chi connectivity index (χ0n) is 8.80. The summed E-state index contributed by atoms with van der Waals surface area (Å²) < 4.78 is 3.84. The third-order valence-corrected chi connectivity index (χ3v) is 5.64. The first-order valence-corrected chi connectivity index (χ1v) is 7.75. The van der Waals surface area contributed by atoms with E-state index in [2.05, 4.69) is 16.0 Å². The Bertz CT molecular complexity index is 776. The van der Waals surface area contributed by atoms with Crippen LogP contribution >= 0.6 is 35.4 Å². The Morgan fingerprint density at radius 1 is 1.11 bits per heavy atom. The van der Waals surface area contributed by atoms with Crippen LogP contribution in [0.3, 0.4) is 0 Å². The molecule has 1 aromatic carbocycles. The van der Waals surface area contributed by atoms with Crippen LogP contribution in [-0.2, 0) is 0 Å². The zero-order valence-corrected chi connectivity index (χ0v) is 12.8. The minimum absolute atomic E-state index is 0.0295. The molecule has 90 valence electrons. The predicted molar refractivity (Wildman–Crippen MR) is 76.7 cm³/mol. The third kappa shape index (κ3) is 2.13. The van der Waals surface area contributed by atoms with Gasteiger partial charge in [-0.15, -0.1) is 0 Å². The molecule has 3 nitrogen and oxygen atoms in total. The van der Waals surface area contributed by atoms with Gasteiger partial charge in [-0.3, -0.25) is 0 Å². The van der Waals surface area contributed by atoms with E-state index in [4.69, 9.17) is 35.4 Å². The molecule has 18 heavy (non-hydrogen) atoms. The molecule has 0 N–H and O–H groups in total. The number of hydrogen-bond donors (Lipinski definition) is 0. The van der Waals surface area contributed by atoms with E-state index in [0.29, 0.717) is 16.3 Å². The van der Waals surface area contributed by atoms with Crippen molar-refractivity contribution in [2.45, 2.75) is 0 Å². The summed E-state index contributed by atoms with van der Waals surface area (Å²) in [4.78, 5) is 8.35. The van der Waals surface area contributed by atoms with Crippen molar-refractivity contribution in [1.29, 1.82) is 0 Å². The van der Waals surface area contributed by atoms with Gasteiger partial charge in [0.2, 0.25) is 0 Å². The fraction of sp³-hybridized carbons (Fsp3) is 0. The van der Waals surface area contributed by atoms with Gasteiger partial charge in [-0.2, -0.15) is 0 Å². The number of nitrogens with zero attached hydrogens (tertiary/aromatic N) is 3. The Labute approximate surface area is 124 Å². The third-order valence-electron chi connectivity index (χ3n) is 2.33. The fourth-order valence-corrected chi connectivity index (χ4v) is 4.57. The molecule has 3 aromatic rings. The SMILES string of the molecule is S=c1c2ccccc2[se]n1-c1nc(Cl)cc(Cl)n1. The monoisotopic (exact) mass is 361 g/mol. The fourth-order valence-electron chi connectivity index (χ4n) is 1.57. The molecule has 2 heterocycles. The van der Waals surface area contributed by atoms with Crippen molar-refractivity contribution in [1.82, 2.24) is 13.5 Å². The van der Waals surface area contributed by atoms with Crippen LogP contribution in [0.5, 0.6) is 0 Å².